The number of nitrogens with zero attached hydrogens (tertiary/aromatic N) is 1. The molecule has 1 unspecified atom stereocenters. The van der Waals surface area contributed by atoms with Gasteiger partial charge in [-0.15, -0.1) is 0 Å². The summed E-state index contributed by atoms with van der Waals surface area (Å²) < 4.78 is 78.2. The van der Waals surface area contributed by atoms with E-state index in [0.717, 1.165) is 0 Å². The van der Waals surface area contributed by atoms with E-state index < -0.39 is 58.4 Å². The van der Waals surface area contributed by atoms with Crippen LogP contribution in [-0.2, 0) is 23.6 Å². The van der Waals surface area contributed by atoms with Gasteiger partial charge in [0.2, 0.25) is 0 Å². The third-order valence-electron chi connectivity index (χ3n) is 3.37. The molecule has 2 aromatic rings. The zero-order valence-corrected chi connectivity index (χ0v) is 11.6. The van der Waals surface area contributed by atoms with Crippen LogP contribution >= 0.6 is 0 Å². The Kier molecular flexibility index (Phi) is 4.17. The Morgan fingerprint density at radius 1 is 1.12 bits per heavy atom. The molecule has 0 saturated carbocycles. The van der Waals surface area contributed by atoms with Crippen molar-refractivity contribution in [2.75, 3.05) is 0 Å². The molecule has 11 heteroatoms. The van der Waals surface area contributed by atoms with E-state index in [2.05, 4.69) is 0 Å². The lowest BCUT2D eigenvalue weighted by Crippen LogP contribution is -2.32. The van der Waals surface area contributed by atoms with Crippen molar-refractivity contribution in [1.29, 1.82) is 0 Å². The largest absolute Gasteiger partial charge is 0.480 e. The van der Waals surface area contributed by atoms with E-state index in [1.165, 1.54) is 0 Å². The number of halogens is 6. The highest BCUT2D eigenvalue weighted by Gasteiger charge is 2.40. The smallest absolute Gasteiger partial charge is 0.418 e. The molecular weight excluding hydrogens is 346 g/mol. The third kappa shape index (κ3) is 3.11. The number of nitrogens with two attached hydrogens (primary N) is 1. The Morgan fingerprint density at radius 3 is 2.08 bits per heavy atom. The molecule has 5 nitrogen and oxygen atoms in total. The second-order valence-electron chi connectivity index (χ2n) is 5.03. The van der Waals surface area contributed by atoms with Crippen LogP contribution in [0.3, 0.4) is 0 Å². The Labute approximate surface area is 129 Å². The predicted octanol–water partition coefficient (Wildman–Crippen LogP) is 2.87. The fourth-order valence-corrected chi connectivity index (χ4v) is 2.37. The maximum absolute atomic E-state index is 13.1. The first-order valence-electron chi connectivity index (χ1n) is 6.33. The van der Waals surface area contributed by atoms with Gasteiger partial charge in [-0.2, -0.15) is 31.1 Å². The Morgan fingerprint density at radius 2 is 1.62 bits per heavy atom. The van der Waals surface area contributed by atoms with Crippen LogP contribution < -0.4 is 5.73 Å². The summed E-state index contributed by atoms with van der Waals surface area (Å²) in [5, 5.41) is 17.4. The summed E-state index contributed by atoms with van der Waals surface area (Å²) in [6.07, 6.45) is -10.1. The van der Waals surface area contributed by atoms with Crippen molar-refractivity contribution >= 4 is 16.9 Å². The third-order valence-corrected chi connectivity index (χ3v) is 3.37. The van der Waals surface area contributed by atoms with Gasteiger partial charge in [-0.05, 0) is 17.7 Å². The van der Waals surface area contributed by atoms with Crippen molar-refractivity contribution in [2.45, 2.75) is 24.8 Å². The number of aliphatic carboxylic acids is 1. The Hall–Kier alpha value is -2.43. The minimum absolute atomic E-state index is 0.0999. The summed E-state index contributed by atoms with van der Waals surface area (Å²) in [4.78, 5) is 10.8. The number of carboxylic acid groups (broad SMARTS) is 1. The molecule has 0 aliphatic carbocycles. The summed E-state index contributed by atoms with van der Waals surface area (Å²) in [6, 6.07) is -1.20. The average molecular weight is 356 g/mol. The molecule has 1 aromatic carbocycles. The average Bonchev–Trinajstić information content (AvgIpc) is 2.73. The van der Waals surface area contributed by atoms with Crippen LogP contribution in [0.15, 0.2) is 18.3 Å². The Bertz CT molecular complexity index is 794. The van der Waals surface area contributed by atoms with Gasteiger partial charge >= 0.3 is 18.3 Å². The lowest BCUT2D eigenvalue weighted by molar-refractivity contribution is -0.139. The number of rotatable bonds is 3. The fraction of sp³-hybridized carbons (Fsp3) is 0.308. The van der Waals surface area contributed by atoms with E-state index in [1.54, 1.807) is 0 Å². The van der Waals surface area contributed by atoms with Crippen LogP contribution in [0.2, 0.25) is 0 Å². The molecule has 0 saturated heterocycles. The second-order valence-corrected chi connectivity index (χ2v) is 5.03. The van der Waals surface area contributed by atoms with Gasteiger partial charge in [0.1, 0.15) is 6.04 Å². The summed E-state index contributed by atoms with van der Waals surface area (Å²) in [5.41, 5.74) is 0.765. The maximum atomic E-state index is 13.1. The molecule has 0 radical (unpaired) electrons. The lowest BCUT2D eigenvalue weighted by Gasteiger charge is -2.15. The van der Waals surface area contributed by atoms with Crippen molar-refractivity contribution in [2.24, 2.45) is 5.73 Å². The van der Waals surface area contributed by atoms with Crippen LogP contribution in [0, 0.1) is 0 Å². The molecule has 1 heterocycles. The zero-order valence-electron chi connectivity index (χ0n) is 11.6. The second kappa shape index (κ2) is 5.58. The number of fused-ring (bicyclic) bond motifs is 1. The molecule has 132 valence electrons. The first-order valence-corrected chi connectivity index (χ1v) is 6.33. The first-order chi connectivity index (χ1) is 10.8. The SMILES string of the molecule is NC(Cc1cn(O)c2c(C(F)(F)F)ccc(C(F)(F)F)c12)C(=O)O. The van der Waals surface area contributed by atoms with Gasteiger partial charge in [-0.25, -0.2) is 0 Å². The quantitative estimate of drug-likeness (QED) is 0.583. The highest BCUT2D eigenvalue weighted by Crippen LogP contribution is 2.42. The van der Waals surface area contributed by atoms with Gasteiger partial charge < -0.3 is 16.0 Å². The molecule has 1 atom stereocenters. The van der Waals surface area contributed by atoms with Gasteiger partial charge in [-0.1, -0.05) is 0 Å². The van der Waals surface area contributed by atoms with E-state index in [-0.39, 0.29) is 16.9 Å². The number of benzene rings is 1. The molecule has 1 aromatic heterocycles. The molecule has 0 fully saturated rings. The van der Waals surface area contributed by atoms with Crippen LogP contribution in [0.4, 0.5) is 26.3 Å². The molecule has 24 heavy (non-hydrogen) atoms. The number of aromatic nitrogens is 1. The standard InChI is InChI=1S/C13H10F6N2O3/c14-12(15,16)6-1-2-7(13(17,18)19)10-9(6)5(4-21(10)24)3-8(20)11(22)23/h1-2,4,8,24H,3,20H2,(H,22,23). The van der Waals surface area contributed by atoms with E-state index in [4.69, 9.17) is 10.8 Å². The van der Waals surface area contributed by atoms with E-state index >= 15 is 0 Å². The van der Waals surface area contributed by atoms with Crippen molar-refractivity contribution < 1.29 is 41.5 Å². The van der Waals surface area contributed by atoms with Crippen molar-refractivity contribution in [1.82, 2.24) is 4.73 Å². The number of alkyl halides is 6. The van der Waals surface area contributed by atoms with E-state index in [9.17, 15) is 36.3 Å². The van der Waals surface area contributed by atoms with Crippen LogP contribution in [0.1, 0.15) is 16.7 Å². The molecule has 0 aliphatic rings. The van der Waals surface area contributed by atoms with Gasteiger partial charge in [0.25, 0.3) is 0 Å². The molecule has 0 amide bonds. The van der Waals surface area contributed by atoms with Gasteiger partial charge in [0, 0.05) is 18.0 Å². The van der Waals surface area contributed by atoms with Gasteiger partial charge in [0.15, 0.2) is 0 Å². The number of carbonyl (C=O) groups is 1. The molecule has 0 bridgehead atoms. The Balaban J connectivity index is 2.83. The summed E-state index contributed by atoms with van der Waals surface area (Å²) in [7, 11) is 0. The van der Waals surface area contributed by atoms with Gasteiger partial charge in [0.05, 0.1) is 16.6 Å². The molecule has 4 N–H and O–H groups in total. The van der Waals surface area contributed by atoms with Crippen LogP contribution in [0.5, 0.6) is 0 Å². The zero-order chi connectivity index (χ0) is 18.4. The first kappa shape index (κ1) is 17.9. The number of hydrogen-bond acceptors (Lipinski definition) is 3. The molecule has 0 aliphatic heterocycles. The maximum Gasteiger partial charge on any atom is 0.418 e. The monoisotopic (exact) mass is 356 g/mol. The minimum atomic E-state index is -5.02. The molecule has 2 rings (SSSR count). The summed E-state index contributed by atoms with van der Waals surface area (Å²) in [5.74, 6) is -1.55. The lowest BCUT2D eigenvalue weighted by atomic mass is 9.98. The summed E-state index contributed by atoms with van der Waals surface area (Å²) in [6.45, 7) is 0. The number of carboxylic acids is 1. The van der Waals surface area contributed by atoms with Crippen molar-refractivity contribution in [3.05, 3.63) is 35.0 Å². The predicted molar refractivity (Wildman–Crippen MR) is 68.4 cm³/mol. The highest BCUT2D eigenvalue weighted by molar-refractivity contribution is 5.91. The summed E-state index contributed by atoms with van der Waals surface area (Å²) >= 11 is 0. The van der Waals surface area contributed by atoms with Crippen molar-refractivity contribution in [3.63, 3.8) is 0 Å². The van der Waals surface area contributed by atoms with Crippen LogP contribution in [-0.4, -0.2) is 27.1 Å². The fourth-order valence-electron chi connectivity index (χ4n) is 2.37. The number of hydrogen-bond donors (Lipinski definition) is 3. The van der Waals surface area contributed by atoms with Gasteiger partial charge in [-0.3, -0.25) is 4.79 Å². The van der Waals surface area contributed by atoms with E-state index in [0.29, 0.717) is 6.20 Å². The minimum Gasteiger partial charge on any atom is -0.480 e. The molecular formula is C13H10F6N2O3. The van der Waals surface area contributed by atoms with Crippen LogP contribution in [0.25, 0.3) is 10.9 Å². The highest BCUT2D eigenvalue weighted by atomic mass is 19.4. The van der Waals surface area contributed by atoms with E-state index in [1.807, 2.05) is 0 Å². The van der Waals surface area contributed by atoms with Crippen molar-refractivity contribution in [3.8, 4) is 0 Å². The topological polar surface area (TPSA) is 88.5 Å². The molecule has 0 spiro atoms. The normalized spacial score (nSPS) is 14.1.